The molecule has 0 radical (unpaired) electrons. The first-order valence-electron chi connectivity index (χ1n) is 21.0. The van der Waals surface area contributed by atoms with Crippen molar-refractivity contribution >= 4 is 35.7 Å². The van der Waals surface area contributed by atoms with E-state index in [-0.39, 0.29) is 34.2 Å². The first-order valence-corrected chi connectivity index (χ1v) is 21.3. The number of ether oxygens (including phenoxy) is 6. The number of halogens is 9. The number of aryl methyl sites for hydroxylation is 1. The summed E-state index contributed by atoms with van der Waals surface area (Å²) in [5.74, 6) is -3.73. The molecule has 0 unspecified atom stereocenters. The van der Waals surface area contributed by atoms with Gasteiger partial charge in [-0.2, -0.15) is 17.6 Å². The molecule has 68 heavy (non-hydrogen) atoms. The average Bonchev–Trinajstić information content (AvgIpc) is 4.17. The minimum Gasteiger partial charge on any atom is -0.463 e. The van der Waals surface area contributed by atoms with Gasteiger partial charge >= 0.3 is 13.2 Å². The van der Waals surface area contributed by atoms with Gasteiger partial charge in [-0.3, -0.25) is 0 Å². The second-order valence-corrected chi connectivity index (χ2v) is 14.8. The molecule has 4 aromatic rings. The molecule has 0 saturated heterocycles. The lowest BCUT2D eigenvalue weighted by atomic mass is 10.1. The standard InChI is InChI=1S/C12H13ClF2N2O.2C11H12F2N2O2.C11H12F2N2O/c1-12(14,15)9-4-2-3-8(10(9)13)7-17-11-16-5-6-18-11;12-10(13)17-9-3-1-2-8(6-9)7-15-11-14-4-5-16-11;12-10(13)17-9-4-2-1-3-8(9)7-15-11-14-5-6-16-11;1-7-2-3-9(12)8(10(7)13)6-15-11-14-4-5-16-11/h2-4H,5-7H2,1H3,(H,16,17);1-3,6,10H,4-5,7H2,(H,14,15);1-4,10H,5-7H2,(H,14,15);2-3H,4-6H2,1H3,(H,14,15). The van der Waals surface area contributed by atoms with Crippen molar-refractivity contribution in [2.45, 2.75) is 59.2 Å². The van der Waals surface area contributed by atoms with E-state index in [0.717, 1.165) is 12.5 Å². The summed E-state index contributed by atoms with van der Waals surface area (Å²) in [4.78, 5) is 16.1. The molecule has 368 valence electrons. The third kappa shape index (κ3) is 17.5. The van der Waals surface area contributed by atoms with Crippen molar-refractivity contribution in [2.24, 2.45) is 20.0 Å². The van der Waals surface area contributed by atoms with Gasteiger partial charge in [-0.15, -0.1) is 0 Å². The SMILES string of the molecule is CC(F)(F)c1cccc(CNC2=NCCO2)c1Cl.Cc1ccc(F)c(CNC2=NCCO2)c1F.FC(F)Oc1cccc(CNC2=NCCO2)c1.FC(F)Oc1ccccc1CNC1=NCCO1. The predicted octanol–water partition coefficient (Wildman–Crippen LogP) is 8.20. The maximum Gasteiger partial charge on any atom is 0.387 e. The van der Waals surface area contributed by atoms with Crippen molar-refractivity contribution in [3.05, 3.63) is 129 Å². The molecule has 4 aliphatic rings. The molecule has 8 rings (SSSR count). The van der Waals surface area contributed by atoms with Crippen LogP contribution < -0.4 is 30.7 Å². The van der Waals surface area contributed by atoms with Crippen LogP contribution in [0.1, 0.15) is 40.3 Å². The summed E-state index contributed by atoms with van der Waals surface area (Å²) in [6.07, 6.45) is 0. The Morgan fingerprint density at radius 2 is 1.12 bits per heavy atom. The molecule has 0 fully saturated rings. The number of hydrogen-bond acceptors (Lipinski definition) is 14. The van der Waals surface area contributed by atoms with Crippen LogP contribution in [0.15, 0.2) is 98.8 Å². The third-order valence-electron chi connectivity index (χ3n) is 9.31. The Morgan fingerprint density at radius 3 is 1.65 bits per heavy atom. The molecule has 0 spiro atoms. The normalized spacial score (nSPS) is 14.7. The fourth-order valence-corrected chi connectivity index (χ4v) is 6.44. The van der Waals surface area contributed by atoms with Crippen LogP contribution in [0.5, 0.6) is 11.5 Å². The maximum absolute atomic E-state index is 13.6. The Bertz CT molecular complexity index is 2370. The van der Waals surface area contributed by atoms with Crippen LogP contribution in [0.25, 0.3) is 0 Å². The highest BCUT2D eigenvalue weighted by Crippen LogP contribution is 2.34. The van der Waals surface area contributed by atoms with Crippen molar-refractivity contribution in [3.63, 3.8) is 0 Å². The molecule has 4 N–H and O–H groups in total. The maximum atomic E-state index is 13.6. The molecule has 4 heterocycles. The Hall–Kier alpha value is -6.71. The summed E-state index contributed by atoms with van der Waals surface area (Å²) in [6, 6.07) is 22.1. The van der Waals surface area contributed by atoms with E-state index in [1.165, 1.54) is 30.3 Å². The second-order valence-electron chi connectivity index (χ2n) is 14.4. The highest BCUT2D eigenvalue weighted by atomic mass is 35.5. The van der Waals surface area contributed by atoms with Gasteiger partial charge in [-0.1, -0.05) is 66.2 Å². The number of nitrogens with zero attached hydrogens (tertiary/aromatic N) is 4. The van der Waals surface area contributed by atoms with E-state index in [0.29, 0.717) is 113 Å². The number of alkyl halides is 6. The van der Waals surface area contributed by atoms with Crippen molar-refractivity contribution in [1.82, 2.24) is 21.3 Å². The number of benzene rings is 4. The van der Waals surface area contributed by atoms with Crippen molar-refractivity contribution in [3.8, 4) is 11.5 Å². The molecule has 0 saturated carbocycles. The summed E-state index contributed by atoms with van der Waals surface area (Å²) in [7, 11) is 0. The van der Waals surface area contributed by atoms with E-state index >= 15 is 0 Å². The van der Waals surface area contributed by atoms with E-state index in [4.69, 9.17) is 30.5 Å². The zero-order valence-electron chi connectivity index (χ0n) is 36.8. The molecule has 0 aromatic heterocycles. The molecule has 0 atom stereocenters. The van der Waals surface area contributed by atoms with Crippen molar-refractivity contribution in [1.29, 1.82) is 0 Å². The van der Waals surface area contributed by atoms with E-state index in [1.807, 2.05) is 0 Å². The van der Waals surface area contributed by atoms with Crippen LogP contribution in [0.3, 0.4) is 0 Å². The summed E-state index contributed by atoms with van der Waals surface area (Å²) >= 11 is 5.98. The highest BCUT2D eigenvalue weighted by molar-refractivity contribution is 6.32. The van der Waals surface area contributed by atoms with Gasteiger partial charge in [0.2, 0.25) is 0 Å². The Morgan fingerprint density at radius 1 is 0.618 bits per heavy atom. The van der Waals surface area contributed by atoms with E-state index in [2.05, 4.69) is 50.7 Å². The van der Waals surface area contributed by atoms with Crippen LogP contribution in [-0.2, 0) is 51.0 Å². The smallest absolute Gasteiger partial charge is 0.387 e. The fraction of sp³-hybridized carbons (Fsp3) is 0.378. The van der Waals surface area contributed by atoms with Gasteiger partial charge in [0.05, 0.1) is 37.7 Å². The van der Waals surface area contributed by atoms with Gasteiger partial charge in [0.25, 0.3) is 30.0 Å². The molecule has 0 bridgehead atoms. The minimum absolute atomic E-state index is 0.0122. The van der Waals surface area contributed by atoms with Gasteiger partial charge in [0.15, 0.2) is 0 Å². The predicted molar refractivity (Wildman–Crippen MR) is 239 cm³/mol. The first-order chi connectivity index (χ1) is 32.7. The molecular weight excluding hydrogens is 936 g/mol. The fourth-order valence-electron chi connectivity index (χ4n) is 6.08. The van der Waals surface area contributed by atoms with Crippen molar-refractivity contribution in [2.75, 3.05) is 52.6 Å². The quantitative estimate of drug-likeness (QED) is 0.0966. The van der Waals surface area contributed by atoms with E-state index in [9.17, 15) is 35.1 Å². The zero-order chi connectivity index (χ0) is 48.9. The molecular formula is C45H49ClF8N8O6. The first kappa shape index (κ1) is 52.3. The molecule has 14 nitrogen and oxygen atoms in total. The summed E-state index contributed by atoms with van der Waals surface area (Å²) < 4.78 is 131. The zero-order valence-corrected chi connectivity index (χ0v) is 37.5. The topological polar surface area (TPSA) is 153 Å². The Labute approximate surface area is 391 Å². The number of para-hydroxylation sites is 1. The van der Waals surface area contributed by atoms with Crippen LogP contribution in [0, 0.1) is 18.6 Å². The van der Waals surface area contributed by atoms with Crippen LogP contribution in [-0.4, -0.2) is 89.9 Å². The summed E-state index contributed by atoms with van der Waals surface area (Å²) in [5, 5.41) is 11.6. The average molecular weight is 985 g/mol. The molecule has 4 aromatic carbocycles. The van der Waals surface area contributed by atoms with E-state index < -0.39 is 30.8 Å². The van der Waals surface area contributed by atoms with Crippen molar-refractivity contribution < 1.29 is 63.5 Å². The number of hydrogen-bond donors (Lipinski definition) is 4. The monoisotopic (exact) mass is 984 g/mol. The lowest BCUT2D eigenvalue weighted by Gasteiger charge is -2.15. The molecule has 4 aliphatic heterocycles. The van der Waals surface area contributed by atoms with Gasteiger partial charge in [0, 0.05) is 43.2 Å². The van der Waals surface area contributed by atoms with Gasteiger partial charge in [0.1, 0.15) is 49.6 Å². The Kier molecular flexibility index (Phi) is 20.4. The van der Waals surface area contributed by atoms with Gasteiger partial charge in [-0.05, 0) is 47.9 Å². The number of rotatable bonds is 13. The van der Waals surface area contributed by atoms with Crippen LogP contribution in [0.2, 0.25) is 5.02 Å². The van der Waals surface area contributed by atoms with Gasteiger partial charge < -0.3 is 49.7 Å². The number of aliphatic imine (C=N–C) groups is 4. The minimum atomic E-state index is -2.95. The third-order valence-corrected chi connectivity index (χ3v) is 9.75. The molecule has 0 aliphatic carbocycles. The van der Waals surface area contributed by atoms with Gasteiger partial charge in [-0.25, -0.2) is 37.5 Å². The van der Waals surface area contributed by atoms with Crippen LogP contribution in [0.4, 0.5) is 35.1 Å². The number of amidine groups is 4. The summed E-state index contributed by atoms with van der Waals surface area (Å²) in [6.45, 7) is 2.60. The second kappa shape index (κ2) is 26.6. The van der Waals surface area contributed by atoms with E-state index in [1.54, 1.807) is 55.5 Å². The lowest BCUT2D eigenvalue weighted by molar-refractivity contribution is -0.0509. The Balaban J connectivity index is 0.000000170. The highest BCUT2D eigenvalue weighted by Gasteiger charge is 2.28. The largest absolute Gasteiger partial charge is 0.463 e. The van der Waals surface area contributed by atoms with Crippen LogP contribution >= 0.6 is 11.6 Å². The molecule has 23 heteroatoms. The number of nitrogens with one attached hydrogen (secondary N) is 4. The summed E-state index contributed by atoms with van der Waals surface area (Å²) in [5.41, 5.74) is 2.31. The molecule has 0 amide bonds. The lowest BCUT2D eigenvalue weighted by Crippen LogP contribution is -2.24.